The monoisotopic (exact) mass is 273 g/mol. The van der Waals surface area contributed by atoms with Gasteiger partial charge in [-0.2, -0.15) is 0 Å². The lowest BCUT2D eigenvalue weighted by Crippen LogP contribution is -1.97. The molecule has 0 saturated heterocycles. The summed E-state index contributed by atoms with van der Waals surface area (Å²) in [5.74, 6) is 0. The lowest BCUT2D eigenvalue weighted by molar-refractivity contribution is 1.26. The molecule has 0 saturated carbocycles. The zero-order valence-corrected chi connectivity index (χ0v) is 11.5. The van der Waals surface area contributed by atoms with Crippen LogP contribution in [0.15, 0.2) is 60.9 Å². The number of nitrogens with zero attached hydrogens (tertiary/aromatic N) is 1. The largest absolute Gasteiger partial charge is 0.396 e. The Labute approximate surface area is 123 Å². The van der Waals surface area contributed by atoms with Crippen LogP contribution in [-0.4, -0.2) is 4.98 Å². The maximum absolute atomic E-state index is 5.93. The molecular formula is C18H15N3. The van der Waals surface area contributed by atoms with E-state index in [2.05, 4.69) is 52.8 Å². The molecule has 102 valence electrons. The van der Waals surface area contributed by atoms with Gasteiger partial charge in [-0.15, -0.1) is 0 Å². The summed E-state index contributed by atoms with van der Waals surface area (Å²) < 4.78 is 0. The Morgan fingerprint density at radius 2 is 1.81 bits per heavy atom. The summed E-state index contributed by atoms with van der Waals surface area (Å²) in [6, 6.07) is 17.0. The normalized spacial score (nSPS) is 11.8. The van der Waals surface area contributed by atoms with Crippen molar-refractivity contribution in [3.63, 3.8) is 0 Å². The van der Waals surface area contributed by atoms with E-state index in [-0.39, 0.29) is 0 Å². The number of anilines is 3. The van der Waals surface area contributed by atoms with E-state index in [0.29, 0.717) is 5.69 Å². The van der Waals surface area contributed by atoms with Gasteiger partial charge in [-0.3, -0.25) is 4.98 Å². The molecule has 2 aromatic carbocycles. The van der Waals surface area contributed by atoms with Crippen LogP contribution in [0.25, 0.3) is 11.1 Å². The average molecular weight is 273 g/mol. The highest BCUT2D eigenvalue weighted by molar-refractivity contribution is 5.80. The molecule has 0 amide bonds. The summed E-state index contributed by atoms with van der Waals surface area (Å²) in [7, 11) is 0. The number of benzene rings is 2. The van der Waals surface area contributed by atoms with Crippen LogP contribution in [0.4, 0.5) is 17.1 Å². The van der Waals surface area contributed by atoms with Gasteiger partial charge in [0.05, 0.1) is 17.6 Å². The summed E-state index contributed by atoms with van der Waals surface area (Å²) >= 11 is 0. The van der Waals surface area contributed by atoms with Gasteiger partial charge in [-0.25, -0.2) is 0 Å². The molecule has 3 aromatic rings. The van der Waals surface area contributed by atoms with E-state index in [9.17, 15) is 0 Å². The number of pyridine rings is 1. The molecule has 3 nitrogen and oxygen atoms in total. The van der Waals surface area contributed by atoms with Crippen molar-refractivity contribution in [2.24, 2.45) is 0 Å². The first-order valence-electron chi connectivity index (χ1n) is 6.99. The third kappa shape index (κ3) is 2.03. The third-order valence-corrected chi connectivity index (χ3v) is 3.92. The van der Waals surface area contributed by atoms with Gasteiger partial charge < -0.3 is 11.1 Å². The van der Waals surface area contributed by atoms with Crippen molar-refractivity contribution in [3.05, 3.63) is 72.1 Å². The third-order valence-electron chi connectivity index (χ3n) is 3.92. The van der Waals surface area contributed by atoms with Gasteiger partial charge in [0.25, 0.3) is 0 Å². The zero-order valence-electron chi connectivity index (χ0n) is 11.5. The first-order valence-corrected chi connectivity index (χ1v) is 6.99. The van der Waals surface area contributed by atoms with Crippen LogP contribution in [0.3, 0.4) is 0 Å². The van der Waals surface area contributed by atoms with Crippen LogP contribution < -0.4 is 11.1 Å². The van der Waals surface area contributed by atoms with Crippen LogP contribution in [0.1, 0.15) is 11.1 Å². The summed E-state index contributed by atoms with van der Waals surface area (Å²) in [6.45, 7) is 0. The standard InChI is InChI=1S/C18H15N3/c19-17-11-20-8-7-18(17)21-14-5-6-16-13(10-14)9-12-3-1-2-4-15(12)16/h1-8,10-11H,9,19H2,(H,20,21). The number of fused-ring (bicyclic) bond motifs is 3. The maximum Gasteiger partial charge on any atom is 0.0739 e. The van der Waals surface area contributed by atoms with Crippen molar-refractivity contribution in [1.82, 2.24) is 4.98 Å². The molecular weight excluding hydrogens is 258 g/mol. The Hall–Kier alpha value is -2.81. The van der Waals surface area contributed by atoms with Crippen molar-refractivity contribution in [1.29, 1.82) is 0 Å². The van der Waals surface area contributed by atoms with Gasteiger partial charge in [0.15, 0.2) is 0 Å². The second kappa shape index (κ2) is 4.63. The second-order valence-corrected chi connectivity index (χ2v) is 5.29. The minimum atomic E-state index is 0.654. The quantitative estimate of drug-likeness (QED) is 0.581. The fraction of sp³-hybridized carbons (Fsp3) is 0.0556. The van der Waals surface area contributed by atoms with Crippen molar-refractivity contribution in [2.75, 3.05) is 11.1 Å². The summed E-state index contributed by atoms with van der Waals surface area (Å²) in [5.41, 5.74) is 14.0. The van der Waals surface area contributed by atoms with E-state index in [1.54, 1.807) is 12.4 Å². The predicted octanol–water partition coefficient (Wildman–Crippen LogP) is 3.98. The number of hydrogen-bond donors (Lipinski definition) is 2. The van der Waals surface area contributed by atoms with Crippen molar-refractivity contribution in [2.45, 2.75) is 6.42 Å². The molecule has 0 unspecified atom stereocenters. The van der Waals surface area contributed by atoms with E-state index < -0.39 is 0 Å². The molecule has 0 aliphatic heterocycles. The summed E-state index contributed by atoms with van der Waals surface area (Å²) in [4.78, 5) is 4.01. The molecule has 0 bridgehead atoms. The smallest absolute Gasteiger partial charge is 0.0739 e. The highest BCUT2D eigenvalue weighted by atomic mass is 14.9. The minimum absolute atomic E-state index is 0.654. The number of nitrogen functional groups attached to an aromatic ring is 1. The lowest BCUT2D eigenvalue weighted by atomic mass is 10.1. The molecule has 0 fully saturated rings. The van der Waals surface area contributed by atoms with E-state index >= 15 is 0 Å². The Morgan fingerprint density at radius 1 is 0.952 bits per heavy atom. The molecule has 1 aliphatic carbocycles. The molecule has 21 heavy (non-hydrogen) atoms. The van der Waals surface area contributed by atoms with Crippen LogP contribution in [0.2, 0.25) is 0 Å². The maximum atomic E-state index is 5.93. The van der Waals surface area contributed by atoms with Crippen molar-refractivity contribution in [3.8, 4) is 11.1 Å². The highest BCUT2D eigenvalue weighted by Crippen LogP contribution is 2.38. The van der Waals surface area contributed by atoms with Crippen LogP contribution in [-0.2, 0) is 6.42 Å². The van der Waals surface area contributed by atoms with Gasteiger partial charge in [0.2, 0.25) is 0 Å². The zero-order chi connectivity index (χ0) is 14.2. The van der Waals surface area contributed by atoms with Gasteiger partial charge >= 0.3 is 0 Å². The number of rotatable bonds is 2. The first kappa shape index (κ1) is 12.0. The van der Waals surface area contributed by atoms with Crippen LogP contribution in [0, 0.1) is 0 Å². The molecule has 0 radical (unpaired) electrons. The number of nitrogens with one attached hydrogen (secondary N) is 1. The summed E-state index contributed by atoms with van der Waals surface area (Å²) in [5, 5.41) is 3.36. The van der Waals surface area contributed by atoms with Gasteiger partial charge in [0, 0.05) is 11.9 Å². The predicted molar refractivity (Wildman–Crippen MR) is 86.6 cm³/mol. The molecule has 1 aliphatic rings. The Kier molecular flexibility index (Phi) is 2.64. The van der Waals surface area contributed by atoms with E-state index in [1.807, 2.05) is 6.07 Å². The second-order valence-electron chi connectivity index (χ2n) is 5.29. The van der Waals surface area contributed by atoms with Crippen molar-refractivity contribution < 1.29 is 0 Å². The molecule has 1 aromatic heterocycles. The molecule has 0 spiro atoms. The Morgan fingerprint density at radius 3 is 2.71 bits per heavy atom. The topological polar surface area (TPSA) is 50.9 Å². The molecule has 1 heterocycles. The van der Waals surface area contributed by atoms with Crippen LogP contribution in [0.5, 0.6) is 0 Å². The van der Waals surface area contributed by atoms with Gasteiger partial charge in [-0.05, 0) is 46.9 Å². The SMILES string of the molecule is Nc1cnccc1Nc1ccc2c(c1)Cc1ccccc1-2. The Bertz CT molecular complexity index is 824. The first-order chi connectivity index (χ1) is 10.3. The average Bonchev–Trinajstić information content (AvgIpc) is 2.87. The molecule has 3 N–H and O–H groups in total. The lowest BCUT2D eigenvalue weighted by Gasteiger charge is -2.10. The van der Waals surface area contributed by atoms with Crippen molar-refractivity contribution >= 4 is 17.1 Å². The number of hydrogen-bond acceptors (Lipinski definition) is 3. The summed E-state index contributed by atoms with van der Waals surface area (Å²) in [6.07, 6.45) is 4.39. The minimum Gasteiger partial charge on any atom is -0.396 e. The van der Waals surface area contributed by atoms with Crippen LogP contribution >= 0.6 is 0 Å². The van der Waals surface area contributed by atoms with Gasteiger partial charge in [0.1, 0.15) is 0 Å². The van der Waals surface area contributed by atoms with E-state index in [1.165, 1.54) is 22.3 Å². The van der Waals surface area contributed by atoms with Gasteiger partial charge in [-0.1, -0.05) is 30.3 Å². The fourth-order valence-corrected chi connectivity index (χ4v) is 2.90. The fourth-order valence-electron chi connectivity index (χ4n) is 2.90. The van der Waals surface area contributed by atoms with E-state index in [0.717, 1.165) is 17.8 Å². The molecule has 0 atom stereocenters. The Balaban J connectivity index is 1.69. The van der Waals surface area contributed by atoms with E-state index in [4.69, 9.17) is 5.73 Å². The highest BCUT2D eigenvalue weighted by Gasteiger charge is 2.17. The molecule has 3 heteroatoms. The molecule has 4 rings (SSSR count). The number of aromatic nitrogens is 1. The number of nitrogens with two attached hydrogens (primary N) is 1.